The zero-order valence-electron chi connectivity index (χ0n) is 35.7. The van der Waals surface area contributed by atoms with Crippen molar-refractivity contribution in [2.45, 2.75) is 168 Å². The highest BCUT2D eigenvalue weighted by atomic mass is 16.6. The van der Waals surface area contributed by atoms with Gasteiger partial charge in [-0.15, -0.1) is 0 Å². The van der Waals surface area contributed by atoms with Gasteiger partial charge in [0.15, 0.2) is 0 Å². The predicted octanol–water partition coefficient (Wildman–Crippen LogP) is 7.63. The molecule has 0 spiro atoms. The summed E-state index contributed by atoms with van der Waals surface area (Å²) >= 11 is 0. The number of nitrogens with zero attached hydrogens (tertiary/aromatic N) is 5. The van der Waals surface area contributed by atoms with Gasteiger partial charge in [-0.25, -0.2) is 9.59 Å². The number of aromatic nitrogens is 4. The Morgan fingerprint density at radius 1 is 0.721 bits per heavy atom. The van der Waals surface area contributed by atoms with Gasteiger partial charge in [0.05, 0.1) is 11.4 Å². The third kappa shape index (κ3) is 11.1. The highest BCUT2D eigenvalue weighted by molar-refractivity contribution is 5.89. The molecule has 328 valence electrons. The van der Waals surface area contributed by atoms with Crippen LogP contribution in [0.1, 0.15) is 154 Å². The van der Waals surface area contributed by atoms with Gasteiger partial charge in [0.1, 0.15) is 10.8 Å². The molecular formula is C45H59N7O9. The number of aromatic amines is 2. The third-order valence-corrected chi connectivity index (χ3v) is 12.6. The Kier molecular flexibility index (Phi) is 14.6. The van der Waals surface area contributed by atoms with Crippen LogP contribution in [0.4, 0.5) is 0 Å². The molecule has 2 unspecified atom stereocenters. The van der Waals surface area contributed by atoms with Crippen molar-refractivity contribution in [2.24, 2.45) is 22.1 Å². The number of fused-ring (bicyclic) bond motifs is 4. The molecule has 2 atom stereocenters. The first-order valence-corrected chi connectivity index (χ1v) is 22.5. The second-order valence-corrected chi connectivity index (χ2v) is 17.3. The second-order valence-electron chi connectivity index (χ2n) is 17.3. The first-order chi connectivity index (χ1) is 29.6. The normalized spacial score (nSPS) is 20.2. The number of hydrogen-bond donors (Lipinski definition) is 2. The summed E-state index contributed by atoms with van der Waals surface area (Å²) < 4.78 is 10.3. The maximum atomic E-state index is 13.0. The quantitative estimate of drug-likeness (QED) is 0.0929. The fraction of sp³-hybridized carbons (Fsp3) is 0.622. The average Bonchev–Trinajstić information content (AvgIpc) is 3.84. The first-order valence-electron chi connectivity index (χ1n) is 22.5. The number of rotatable bonds is 14. The molecule has 61 heavy (non-hydrogen) atoms. The fourth-order valence-corrected chi connectivity index (χ4v) is 9.31. The number of piperidine rings is 1. The third-order valence-electron chi connectivity index (χ3n) is 12.6. The van der Waals surface area contributed by atoms with Crippen molar-refractivity contribution in [3.63, 3.8) is 0 Å². The molecule has 8 rings (SSSR count). The molecule has 2 aliphatic heterocycles. The lowest BCUT2D eigenvalue weighted by Crippen LogP contribution is -2.47. The fourth-order valence-electron chi connectivity index (χ4n) is 9.31. The summed E-state index contributed by atoms with van der Waals surface area (Å²) in [6, 6.07) is 2.92. The van der Waals surface area contributed by atoms with Gasteiger partial charge in [0, 0.05) is 43.5 Å². The highest BCUT2D eigenvalue weighted by Crippen LogP contribution is 2.37. The molecule has 0 radical (unpaired) electrons. The van der Waals surface area contributed by atoms with Crippen LogP contribution in [0.2, 0.25) is 0 Å². The van der Waals surface area contributed by atoms with Crippen LogP contribution in [-0.4, -0.2) is 54.3 Å². The number of carbonyl (C=O) groups is 1. The number of amides is 1. The van der Waals surface area contributed by atoms with E-state index in [0.717, 1.165) is 88.5 Å². The van der Waals surface area contributed by atoms with Crippen molar-refractivity contribution in [2.75, 3.05) is 0 Å². The van der Waals surface area contributed by atoms with Crippen LogP contribution in [0, 0.1) is 11.8 Å². The van der Waals surface area contributed by atoms with E-state index in [9.17, 15) is 24.0 Å². The first kappa shape index (κ1) is 43.7. The van der Waals surface area contributed by atoms with E-state index in [-0.39, 0.29) is 52.4 Å². The SMILES string of the molecule is CCCCCc1cc(=O)oc2nc(ON=C3CC4CCC(C3)N4C(=O)CC3CCCC3)[nH]c(=O)c12.CCCCCc1cc(=O)oc2nc(ON=C3CCC(C)CC3)[nH]c(=O)c12. The average molecular weight is 842 g/mol. The summed E-state index contributed by atoms with van der Waals surface area (Å²) in [6.07, 6.45) is 19.9. The second kappa shape index (κ2) is 20.4. The molecule has 2 saturated carbocycles. The van der Waals surface area contributed by atoms with Gasteiger partial charge in [-0.3, -0.25) is 24.4 Å². The highest BCUT2D eigenvalue weighted by Gasteiger charge is 2.42. The largest absolute Gasteiger partial charge is 0.403 e. The standard InChI is InChI=1S/C26H34N4O5.C19H25N3O4/c1-2-3-4-9-17-13-22(32)34-25-23(17)24(33)27-26(28-25)35-29-18-14-19-10-11-20(15-18)30(19)21(31)12-16-7-5-6-8-16;1-3-4-5-6-13-11-15(23)25-18-16(13)17(24)20-19(21-18)26-22-14-9-7-12(2)8-10-14/h13,16,19-20H,2-12,14-15H2,1H3,(H,27,28,33);11-12H,3-10H2,1-2H3,(H,20,21,24). The van der Waals surface area contributed by atoms with Gasteiger partial charge < -0.3 is 23.4 Å². The van der Waals surface area contributed by atoms with Crippen LogP contribution in [0.3, 0.4) is 0 Å². The van der Waals surface area contributed by atoms with Gasteiger partial charge in [0.2, 0.25) is 17.3 Å². The summed E-state index contributed by atoms with van der Waals surface area (Å²) in [5.41, 5.74) is 1.26. The summed E-state index contributed by atoms with van der Waals surface area (Å²) in [5, 5.41) is 8.97. The van der Waals surface area contributed by atoms with Crippen LogP contribution in [0.5, 0.6) is 12.0 Å². The van der Waals surface area contributed by atoms with E-state index in [4.69, 9.17) is 18.5 Å². The minimum Gasteiger partial charge on any atom is -0.403 e. The van der Waals surface area contributed by atoms with Crippen molar-refractivity contribution >= 4 is 39.5 Å². The Morgan fingerprint density at radius 3 is 1.70 bits per heavy atom. The summed E-state index contributed by atoms with van der Waals surface area (Å²) in [7, 11) is 0. The lowest BCUT2D eigenvalue weighted by Gasteiger charge is -2.36. The maximum Gasteiger partial charge on any atom is 0.337 e. The Morgan fingerprint density at radius 2 is 1.21 bits per heavy atom. The van der Waals surface area contributed by atoms with Gasteiger partial charge >= 0.3 is 23.3 Å². The summed E-state index contributed by atoms with van der Waals surface area (Å²) in [5.74, 6) is 1.53. The molecule has 1 amide bonds. The number of hydrogen-bond acceptors (Lipinski definition) is 13. The molecule has 4 aromatic heterocycles. The van der Waals surface area contributed by atoms with Gasteiger partial charge in [-0.2, -0.15) is 9.97 Å². The molecular weight excluding hydrogens is 783 g/mol. The van der Waals surface area contributed by atoms with Crippen LogP contribution in [0.25, 0.3) is 22.2 Å². The van der Waals surface area contributed by atoms with Crippen LogP contribution >= 0.6 is 0 Å². The van der Waals surface area contributed by atoms with Crippen LogP contribution in [0.15, 0.2) is 50.5 Å². The minimum atomic E-state index is -0.536. The molecule has 0 aromatic carbocycles. The van der Waals surface area contributed by atoms with Crippen LogP contribution < -0.4 is 32.0 Å². The minimum absolute atomic E-state index is 0.000199. The molecule has 16 heteroatoms. The van der Waals surface area contributed by atoms with E-state index >= 15 is 0 Å². The number of nitrogens with one attached hydrogen (secondary N) is 2. The van der Waals surface area contributed by atoms with Crippen LogP contribution in [-0.2, 0) is 17.6 Å². The van der Waals surface area contributed by atoms with E-state index in [1.165, 1.54) is 37.8 Å². The van der Waals surface area contributed by atoms with Gasteiger partial charge in [-0.1, -0.05) is 69.6 Å². The smallest absolute Gasteiger partial charge is 0.337 e. The molecule has 4 fully saturated rings. The van der Waals surface area contributed by atoms with E-state index in [1.54, 1.807) is 0 Å². The molecule has 2 N–H and O–H groups in total. The van der Waals surface area contributed by atoms with Crippen molar-refractivity contribution in [3.8, 4) is 12.0 Å². The van der Waals surface area contributed by atoms with E-state index in [1.807, 2.05) is 0 Å². The number of unbranched alkanes of at least 4 members (excludes halogenated alkanes) is 4. The molecule has 2 saturated heterocycles. The number of aryl methyl sites for hydroxylation is 2. The predicted molar refractivity (Wildman–Crippen MR) is 231 cm³/mol. The topological polar surface area (TPSA) is 215 Å². The van der Waals surface area contributed by atoms with Crippen molar-refractivity contribution in [1.82, 2.24) is 24.8 Å². The Labute approximate surface area is 353 Å². The Hall–Kier alpha value is -5.41. The summed E-state index contributed by atoms with van der Waals surface area (Å²) in [6.45, 7) is 6.42. The van der Waals surface area contributed by atoms with E-state index < -0.39 is 16.8 Å². The Bertz CT molecular complexity index is 2450. The van der Waals surface area contributed by atoms with Crippen molar-refractivity contribution in [1.29, 1.82) is 0 Å². The van der Waals surface area contributed by atoms with Gasteiger partial charge in [0.25, 0.3) is 11.1 Å². The lowest BCUT2D eigenvalue weighted by molar-refractivity contribution is -0.135. The zero-order valence-corrected chi connectivity index (χ0v) is 35.7. The number of oxime groups is 2. The number of H-pyrrole nitrogens is 2. The van der Waals surface area contributed by atoms with Gasteiger partial charge in [-0.05, 0) is 100 Å². The number of carbonyl (C=O) groups excluding carboxylic acids is 1. The monoisotopic (exact) mass is 841 g/mol. The van der Waals surface area contributed by atoms with Crippen molar-refractivity contribution < 1.29 is 23.3 Å². The molecule has 4 aromatic rings. The lowest BCUT2D eigenvalue weighted by atomic mass is 9.90. The van der Waals surface area contributed by atoms with E-state index in [0.29, 0.717) is 60.5 Å². The summed E-state index contributed by atoms with van der Waals surface area (Å²) in [4.78, 5) is 88.5. The van der Waals surface area contributed by atoms with Crippen molar-refractivity contribution in [3.05, 3.63) is 64.8 Å². The molecule has 2 bridgehead atoms. The maximum absolute atomic E-state index is 13.0. The molecule has 4 aliphatic rings. The molecule has 2 aliphatic carbocycles. The van der Waals surface area contributed by atoms with E-state index in [2.05, 4.69) is 55.9 Å². The Balaban J connectivity index is 0.000000193. The molecule has 16 nitrogen and oxygen atoms in total. The zero-order chi connectivity index (χ0) is 42.9. The molecule has 6 heterocycles.